The summed E-state index contributed by atoms with van der Waals surface area (Å²) >= 11 is 0. The lowest BCUT2D eigenvalue weighted by Gasteiger charge is -2.09. The van der Waals surface area contributed by atoms with Crippen LogP contribution in [-0.4, -0.2) is 25.5 Å². The molecule has 1 aromatic carbocycles. The Morgan fingerprint density at radius 3 is 2.25 bits per heavy atom. The highest BCUT2D eigenvalue weighted by molar-refractivity contribution is 6.35. The molecule has 0 aliphatic rings. The van der Waals surface area contributed by atoms with E-state index in [2.05, 4.69) is 17.6 Å². The molecule has 0 fully saturated rings. The Hall–Kier alpha value is -2.04. The molecule has 0 bridgehead atoms. The number of carbonyl (C=O) groups excluding carboxylic acids is 2. The van der Waals surface area contributed by atoms with Crippen LogP contribution in [0.2, 0.25) is 0 Å². The summed E-state index contributed by atoms with van der Waals surface area (Å²) in [7, 11) is 1.58. The number of methoxy groups -OCH3 is 1. The first kappa shape index (κ1) is 20.0. The van der Waals surface area contributed by atoms with Gasteiger partial charge < -0.3 is 15.4 Å². The molecule has 2 amide bonds. The van der Waals surface area contributed by atoms with Crippen LogP contribution in [0.4, 0.5) is 0 Å². The van der Waals surface area contributed by atoms with Crippen LogP contribution in [0, 0.1) is 0 Å². The molecular weight excluding hydrogens is 304 g/mol. The number of hydrogen-bond donors (Lipinski definition) is 2. The van der Waals surface area contributed by atoms with Crippen LogP contribution in [0.5, 0.6) is 5.75 Å². The Balaban J connectivity index is 2.15. The first-order valence-corrected chi connectivity index (χ1v) is 8.87. The van der Waals surface area contributed by atoms with Gasteiger partial charge in [-0.05, 0) is 12.5 Å². The van der Waals surface area contributed by atoms with Gasteiger partial charge in [0.1, 0.15) is 5.75 Å². The maximum atomic E-state index is 11.8. The van der Waals surface area contributed by atoms with Gasteiger partial charge in [-0.3, -0.25) is 9.59 Å². The fourth-order valence-corrected chi connectivity index (χ4v) is 2.47. The van der Waals surface area contributed by atoms with E-state index in [9.17, 15) is 9.59 Å². The zero-order valence-electron chi connectivity index (χ0n) is 14.9. The van der Waals surface area contributed by atoms with Gasteiger partial charge in [0.05, 0.1) is 7.11 Å². The summed E-state index contributed by atoms with van der Waals surface area (Å²) in [6, 6.07) is 7.40. The van der Waals surface area contributed by atoms with Crippen molar-refractivity contribution in [2.45, 2.75) is 58.4 Å². The lowest BCUT2D eigenvalue weighted by Crippen LogP contribution is -2.39. The number of nitrogens with one attached hydrogen (secondary N) is 2. The molecule has 1 aromatic rings. The van der Waals surface area contributed by atoms with E-state index in [4.69, 9.17) is 4.74 Å². The maximum absolute atomic E-state index is 11.8. The third-order valence-electron chi connectivity index (χ3n) is 3.90. The van der Waals surface area contributed by atoms with E-state index in [0.717, 1.165) is 18.4 Å². The summed E-state index contributed by atoms with van der Waals surface area (Å²) in [5.74, 6) is -0.485. The Morgan fingerprint density at radius 2 is 1.54 bits per heavy atom. The highest BCUT2D eigenvalue weighted by atomic mass is 16.5. The van der Waals surface area contributed by atoms with Crippen molar-refractivity contribution in [1.29, 1.82) is 0 Å². The Morgan fingerprint density at radius 1 is 0.917 bits per heavy atom. The Kier molecular flexibility index (Phi) is 10.3. The van der Waals surface area contributed by atoms with Crippen LogP contribution in [0.15, 0.2) is 24.3 Å². The van der Waals surface area contributed by atoms with Crippen LogP contribution < -0.4 is 15.4 Å². The number of carbonyl (C=O) groups is 2. The minimum atomic E-state index is -0.608. The summed E-state index contributed by atoms with van der Waals surface area (Å²) in [6.07, 6.45) is 8.28. The van der Waals surface area contributed by atoms with Gasteiger partial charge in [0.25, 0.3) is 0 Å². The second-order valence-corrected chi connectivity index (χ2v) is 5.87. The molecule has 24 heavy (non-hydrogen) atoms. The molecule has 5 heteroatoms. The van der Waals surface area contributed by atoms with Gasteiger partial charge in [0.15, 0.2) is 0 Å². The molecule has 0 saturated carbocycles. The first-order valence-electron chi connectivity index (χ1n) is 8.87. The second kappa shape index (κ2) is 12.4. The van der Waals surface area contributed by atoms with Crippen molar-refractivity contribution in [2.24, 2.45) is 0 Å². The van der Waals surface area contributed by atoms with E-state index < -0.39 is 11.8 Å². The number of ether oxygens (including phenoxy) is 1. The van der Waals surface area contributed by atoms with Gasteiger partial charge in [0.2, 0.25) is 0 Å². The largest absolute Gasteiger partial charge is 0.496 e. The summed E-state index contributed by atoms with van der Waals surface area (Å²) in [6.45, 7) is 3.02. The maximum Gasteiger partial charge on any atom is 0.309 e. The quantitative estimate of drug-likeness (QED) is 0.482. The zero-order chi connectivity index (χ0) is 17.6. The number of rotatable bonds is 11. The summed E-state index contributed by atoms with van der Waals surface area (Å²) in [5.41, 5.74) is 0.841. The van der Waals surface area contributed by atoms with Crippen molar-refractivity contribution in [3.63, 3.8) is 0 Å². The van der Waals surface area contributed by atoms with E-state index in [-0.39, 0.29) is 6.54 Å². The highest BCUT2D eigenvalue weighted by Crippen LogP contribution is 2.16. The van der Waals surface area contributed by atoms with Gasteiger partial charge in [-0.1, -0.05) is 63.6 Å². The molecule has 0 heterocycles. The van der Waals surface area contributed by atoms with E-state index in [0.29, 0.717) is 12.3 Å². The van der Waals surface area contributed by atoms with E-state index in [1.807, 2.05) is 24.3 Å². The second-order valence-electron chi connectivity index (χ2n) is 5.87. The molecule has 5 nitrogen and oxygen atoms in total. The Bertz CT molecular complexity index is 503. The van der Waals surface area contributed by atoms with Crippen molar-refractivity contribution in [3.05, 3.63) is 29.8 Å². The van der Waals surface area contributed by atoms with E-state index in [1.54, 1.807) is 7.11 Å². The molecule has 0 unspecified atom stereocenters. The molecule has 1 rings (SSSR count). The van der Waals surface area contributed by atoms with Crippen molar-refractivity contribution in [2.75, 3.05) is 13.7 Å². The van der Waals surface area contributed by atoms with E-state index in [1.165, 1.54) is 32.1 Å². The normalized spacial score (nSPS) is 10.2. The summed E-state index contributed by atoms with van der Waals surface area (Å²) < 4.78 is 5.21. The van der Waals surface area contributed by atoms with Crippen molar-refractivity contribution in [3.8, 4) is 5.75 Å². The van der Waals surface area contributed by atoms with E-state index >= 15 is 0 Å². The third-order valence-corrected chi connectivity index (χ3v) is 3.90. The minimum absolute atomic E-state index is 0.272. The number of amides is 2. The van der Waals surface area contributed by atoms with Crippen LogP contribution >= 0.6 is 0 Å². The van der Waals surface area contributed by atoms with Crippen LogP contribution in [0.3, 0.4) is 0 Å². The first-order chi connectivity index (χ1) is 11.7. The predicted molar refractivity (Wildman–Crippen MR) is 95.8 cm³/mol. The topological polar surface area (TPSA) is 67.4 Å². The average molecular weight is 334 g/mol. The number of para-hydroxylation sites is 1. The fourth-order valence-electron chi connectivity index (χ4n) is 2.47. The third kappa shape index (κ3) is 7.99. The number of hydrogen-bond acceptors (Lipinski definition) is 3. The molecule has 0 aliphatic carbocycles. The molecule has 0 aromatic heterocycles. The Labute approximate surface area is 145 Å². The number of benzene rings is 1. The monoisotopic (exact) mass is 334 g/mol. The molecule has 0 radical (unpaired) electrons. The lowest BCUT2D eigenvalue weighted by atomic mass is 10.1. The smallest absolute Gasteiger partial charge is 0.309 e. The van der Waals surface area contributed by atoms with Gasteiger partial charge in [-0.15, -0.1) is 0 Å². The van der Waals surface area contributed by atoms with Crippen LogP contribution in [-0.2, 0) is 16.1 Å². The lowest BCUT2D eigenvalue weighted by molar-refractivity contribution is -0.139. The zero-order valence-corrected chi connectivity index (χ0v) is 14.9. The molecule has 134 valence electrons. The molecule has 0 spiro atoms. The molecule has 2 N–H and O–H groups in total. The standard InChI is InChI=1S/C19H30N2O3/c1-3-4-5-6-7-8-11-14-20-18(22)19(23)21-15-16-12-9-10-13-17(16)24-2/h9-10,12-13H,3-8,11,14-15H2,1-2H3,(H,20,22)(H,21,23). The van der Waals surface area contributed by atoms with Gasteiger partial charge >= 0.3 is 11.8 Å². The fraction of sp³-hybridized carbons (Fsp3) is 0.579. The van der Waals surface area contributed by atoms with Gasteiger partial charge in [-0.25, -0.2) is 0 Å². The average Bonchev–Trinajstić information content (AvgIpc) is 2.61. The number of unbranched alkanes of at least 4 members (excludes halogenated alkanes) is 6. The van der Waals surface area contributed by atoms with Crippen LogP contribution in [0.1, 0.15) is 57.4 Å². The molecule has 0 saturated heterocycles. The molecular formula is C19H30N2O3. The van der Waals surface area contributed by atoms with Crippen molar-refractivity contribution >= 4 is 11.8 Å². The van der Waals surface area contributed by atoms with Gasteiger partial charge in [0, 0.05) is 18.7 Å². The summed E-state index contributed by atoms with van der Waals surface area (Å²) in [5, 5.41) is 5.28. The van der Waals surface area contributed by atoms with Crippen molar-refractivity contribution < 1.29 is 14.3 Å². The molecule has 0 atom stereocenters. The SMILES string of the molecule is CCCCCCCCCNC(=O)C(=O)NCc1ccccc1OC. The highest BCUT2D eigenvalue weighted by Gasteiger charge is 2.13. The predicted octanol–water partition coefficient (Wildman–Crippen LogP) is 3.18. The van der Waals surface area contributed by atoms with Crippen molar-refractivity contribution in [1.82, 2.24) is 10.6 Å². The van der Waals surface area contributed by atoms with Crippen LogP contribution in [0.25, 0.3) is 0 Å². The molecule has 0 aliphatic heterocycles. The van der Waals surface area contributed by atoms with Gasteiger partial charge in [-0.2, -0.15) is 0 Å². The minimum Gasteiger partial charge on any atom is -0.496 e. The summed E-state index contributed by atoms with van der Waals surface area (Å²) in [4.78, 5) is 23.5.